The number of hydrogen-bond donors (Lipinski definition) is 1. The molecule has 0 bridgehead atoms. The Hall–Kier alpha value is -2.78. The van der Waals surface area contributed by atoms with Crippen molar-refractivity contribution < 1.29 is 18.1 Å². The highest BCUT2D eigenvalue weighted by atomic mass is 32.2. The van der Waals surface area contributed by atoms with Gasteiger partial charge in [-0.15, -0.1) is 0 Å². The molecule has 0 atom stereocenters. The molecule has 0 aliphatic carbocycles. The second-order valence-corrected chi connectivity index (χ2v) is 8.26. The highest BCUT2D eigenvalue weighted by Crippen LogP contribution is 2.25. The van der Waals surface area contributed by atoms with Crippen molar-refractivity contribution in [2.24, 2.45) is 0 Å². The van der Waals surface area contributed by atoms with Crippen molar-refractivity contribution in [3.63, 3.8) is 0 Å². The SMILES string of the molecule is Cc1cccc(C(=O)Nc2ccc(S(=O)(=O)N3CCCC3)cc2)c1[N+](=O)[O-]. The van der Waals surface area contributed by atoms with Gasteiger partial charge in [-0.3, -0.25) is 14.9 Å². The van der Waals surface area contributed by atoms with Gasteiger partial charge in [0.05, 0.1) is 9.82 Å². The molecule has 1 amide bonds. The standard InChI is InChI=1S/C18H19N3O5S/c1-13-5-4-6-16(17(13)21(23)24)18(22)19-14-7-9-15(10-8-14)27(25,26)20-11-2-3-12-20/h4-10H,2-3,11-12H2,1H3,(H,19,22). The average Bonchev–Trinajstić information content (AvgIpc) is 3.17. The van der Waals surface area contributed by atoms with Crippen LogP contribution in [0.25, 0.3) is 0 Å². The van der Waals surface area contributed by atoms with Gasteiger partial charge in [0, 0.05) is 24.3 Å². The average molecular weight is 389 g/mol. The Morgan fingerprint density at radius 3 is 2.33 bits per heavy atom. The fraction of sp³-hybridized carbons (Fsp3) is 0.278. The predicted octanol–water partition coefficient (Wildman–Crippen LogP) is 2.94. The largest absolute Gasteiger partial charge is 0.322 e. The lowest BCUT2D eigenvalue weighted by Crippen LogP contribution is -2.27. The van der Waals surface area contributed by atoms with Crippen LogP contribution < -0.4 is 5.32 Å². The van der Waals surface area contributed by atoms with Gasteiger partial charge < -0.3 is 5.32 Å². The highest BCUT2D eigenvalue weighted by Gasteiger charge is 2.27. The molecular weight excluding hydrogens is 370 g/mol. The van der Waals surface area contributed by atoms with Crippen LogP contribution in [0.3, 0.4) is 0 Å². The summed E-state index contributed by atoms with van der Waals surface area (Å²) in [6, 6.07) is 10.3. The van der Waals surface area contributed by atoms with Gasteiger partial charge in [0.2, 0.25) is 10.0 Å². The quantitative estimate of drug-likeness (QED) is 0.624. The van der Waals surface area contributed by atoms with Gasteiger partial charge >= 0.3 is 0 Å². The number of aryl methyl sites for hydroxylation is 1. The summed E-state index contributed by atoms with van der Waals surface area (Å²) >= 11 is 0. The van der Waals surface area contributed by atoms with Crippen molar-refractivity contribution >= 4 is 27.3 Å². The van der Waals surface area contributed by atoms with Crippen LogP contribution in [0.2, 0.25) is 0 Å². The molecule has 1 N–H and O–H groups in total. The number of carbonyl (C=O) groups is 1. The Morgan fingerprint density at radius 2 is 1.74 bits per heavy atom. The van der Waals surface area contributed by atoms with E-state index >= 15 is 0 Å². The first kappa shape index (κ1) is 19.0. The molecule has 1 heterocycles. The first-order valence-corrected chi connectivity index (χ1v) is 9.90. The number of nitro benzene ring substituents is 1. The molecule has 2 aromatic rings. The van der Waals surface area contributed by atoms with E-state index in [9.17, 15) is 23.3 Å². The van der Waals surface area contributed by atoms with Crippen LogP contribution in [0.15, 0.2) is 47.4 Å². The summed E-state index contributed by atoms with van der Waals surface area (Å²) in [6.07, 6.45) is 1.70. The summed E-state index contributed by atoms with van der Waals surface area (Å²) < 4.78 is 26.5. The molecule has 1 aliphatic rings. The molecule has 9 heteroatoms. The zero-order valence-electron chi connectivity index (χ0n) is 14.7. The molecule has 1 fully saturated rings. The highest BCUT2D eigenvalue weighted by molar-refractivity contribution is 7.89. The molecule has 1 aliphatic heterocycles. The third kappa shape index (κ3) is 3.83. The lowest BCUT2D eigenvalue weighted by Gasteiger charge is -2.15. The zero-order valence-corrected chi connectivity index (χ0v) is 15.5. The number of rotatable bonds is 5. The smallest absolute Gasteiger partial charge is 0.285 e. The molecule has 3 rings (SSSR count). The van der Waals surface area contributed by atoms with E-state index in [1.807, 2.05) is 0 Å². The Labute approximate surface area is 157 Å². The van der Waals surface area contributed by atoms with Gasteiger partial charge in [0.25, 0.3) is 11.6 Å². The normalized spacial score (nSPS) is 14.9. The van der Waals surface area contributed by atoms with E-state index in [2.05, 4.69) is 5.32 Å². The number of anilines is 1. The monoisotopic (exact) mass is 389 g/mol. The van der Waals surface area contributed by atoms with Crippen LogP contribution in [-0.2, 0) is 10.0 Å². The summed E-state index contributed by atoms with van der Waals surface area (Å²) in [7, 11) is -3.53. The number of para-hydroxylation sites is 1. The van der Waals surface area contributed by atoms with Crippen molar-refractivity contribution in [3.05, 3.63) is 63.7 Å². The first-order chi connectivity index (χ1) is 12.8. The number of amides is 1. The van der Waals surface area contributed by atoms with E-state index < -0.39 is 20.9 Å². The van der Waals surface area contributed by atoms with Gasteiger partial charge in [0.1, 0.15) is 5.56 Å². The topological polar surface area (TPSA) is 110 Å². The fourth-order valence-corrected chi connectivity index (χ4v) is 4.59. The van der Waals surface area contributed by atoms with Gasteiger partial charge in [-0.2, -0.15) is 4.31 Å². The number of nitrogens with zero attached hydrogens (tertiary/aromatic N) is 2. The van der Waals surface area contributed by atoms with Gasteiger partial charge in [-0.25, -0.2) is 8.42 Å². The molecule has 0 aromatic heterocycles. The third-order valence-corrected chi connectivity index (χ3v) is 6.39. The molecule has 0 spiro atoms. The molecule has 0 radical (unpaired) electrons. The lowest BCUT2D eigenvalue weighted by atomic mass is 10.1. The van der Waals surface area contributed by atoms with E-state index in [-0.39, 0.29) is 16.1 Å². The number of nitro groups is 1. The molecule has 27 heavy (non-hydrogen) atoms. The van der Waals surface area contributed by atoms with Gasteiger partial charge in [-0.05, 0) is 50.1 Å². The molecule has 2 aromatic carbocycles. The van der Waals surface area contributed by atoms with E-state index in [0.717, 1.165) is 12.8 Å². The van der Waals surface area contributed by atoms with Crippen LogP contribution in [0, 0.1) is 17.0 Å². The van der Waals surface area contributed by atoms with Crippen molar-refractivity contribution in [1.82, 2.24) is 4.31 Å². The summed E-state index contributed by atoms with van der Waals surface area (Å²) in [5, 5.41) is 13.8. The summed E-state index contributed by atoms with van der Waals surface area (Å²) in [4.78, 5) is 23.2. The van der Waals surface area contributed by atoms with Gasteiger partial charge in [0.15, 0.2) is 0 Å². The second-order valence-electron chi connectivity index (χ2n) is 6.32. The summed E-state index contributed by atoms with van der Waals surface area (Å²) in [5.74, 6) is -0.624. The maximum absolute atomic E-state index is 12.5. The van der Waals surface area contributed by atoms with Crippen molar-refractivity contribution in [2.75, 3.05) is 18.4 Å². The molecule has 142 valence electrons. The minimum Gasteiger partial charge on any atom is -0.322 e. The fourth-order valence-electron chi connectivity index (χ4n) is 3.07. The maximum atomic E-state index is 12.5. The van der Waals surface area contributed by atoms with Crippen molar-refractivity contribution in [2.45, 2.75) is 24.7 Å². The number of benzene rings is 2. The second kappa shape index (κ2) is 7.45. The van der Waals surface area contributed by atoms with E-state index in [1.54, 1.807) is 19.1 Å². The third-order valence-electron chi connectivity index (χ3n) is 4.48. The minimum atomic E-state index is -3.53. The summed E-state index contributed by atoms with van der Waals surface area (Å²) in [5.41, 5.74) is 0.452. The van der Waals surface area contributed by atoms with Crippen molar-refractivity contribution in [3.8, 4) is 0 Å². The van der Waals surface area contributed by atoms with E-state index in [4.69, 9.17) is 0 Å². The zero-order chi connectivity index (χ0) is 19.6. The molecule has 0 saturated carbocycles. The van der Waals surface area contributed by atoms with Crippen molar-refractivity contribution in [1.29, 1.82) is 0 Å². The number of sulfonamides is 1. The van der Waals surface area contributed by atoms with Crippen LogP contribution >= 0.6 is 0 Å². The molecular formula is C18H19N3O5S. The van der Waals surface area contributed by atoms with Crippen LogP contribution in [0.5, 0.6) is 0 Å². The lowest BCUT2D eigenvalue weighted by molar-refractivity contribution is -0.385. The minimum absolute atomic E-state index is 0.0474. The number of carbonyl (C=O) groups excluding carboxylic acids is 1. The van der Waals surface area contributed by atoms with E-state index in [0.29, 0.717) is 24.3 Å². The van der Waals surface area contributed by atoms with Crippen LogP contribution in [-0.4, -0.2) is 36.6 Å². The Balaban J connectivity index is 1.80. The number of hydrogen-bond acceptors (Lipinski definition) is 5. The Kier molecular flexibility index (Phi) is 5.24. The van der Waals surface area contributed by atoms with E-state index in [1.165, 1.54) is 34.6 Å². The molecule has 1 saturated heterocycles. The molecule has 8 nitrogen and oxygen atoms in total. The number of nitrogens with one attached hydrogen (secondary N) is 1. The molecule has 0 unspecified atom stereocenters. The first-order valence-electron chi connectivity index (χ1n) is 8.46. The van der Waals surface area contributed by atoms with Gasteiger partial charge in [-0.1, -0.05) is 12.1 Å². The van der Waals surface area contributed by atoms with Crippen LogP contribution in [0.4, 0.5) is 11.4 Å². The maximum Gasteiger partial charge on any atom is 0.285 e. The Bertz CT molecular complexity index is 981. The predicted molar refractivity (Wildman–Crippen MR) is 100 cm³/mol. The Morgan fingerprint density at radius 1 is 1.11 bits per heavy atom. The van der Waals surface area contributed by atoms with Crippen LogP contribution in [0.1, 0.15) is 28.8 Å². The summed E-state index contributed by atoms with van der Waals surface area (Å²) in [6.45, 7) is 2.59.